The molecule has 0 spiro atoms. The number of carbonyl (C=O) groups is 1. The Kier molecular flexibility index (Phi) is 3.83. The SMILES string of the molecule is N#Cc1ccccc1NC(=O)c1c[nH]c2cc(Cl)ccc2c1=O. The first-order chi connectivity index (χ1) is 11.1. The number of para-hydroxylation sites is 1. The molecule has 0 fully saturated rings. The number of amides is 1. The first kappa shape index (κ1) is 14.8. The number of hydrogen-bond acceptors (Lipinski definition) is 3. The summed E-state index contributed by atoms with van der Waals surface area (Å²) < 4.78 is 0. The standard InChI is InChI=1S/C17H10ClN3O2/c18-11-5-6-12-15(7-11)20-9-13(16(12)22)17(23)21-14-4-2-1-3-10(14)8-19/h1-7,9H,(H,20,22)(H,21,23). The Bertz CT molecular complexity index is 1020. The highest BCUT2D eigenvalue weighted by Crippen LogP contribution is 2.17. The number of halogens is 1. The molecule has 3 rings (SSSR count). The Balaban J connectivity index is 2.02. The highest BCUT2D eigenvalue weighted by atomic mass is 35.5. The molecule has 0 aliphatic rings. The van der Waals surface area contributed by atoms with Crippen LogP contribution in [0.3, 0.4) is 0 Å². The molecule has 0 saturated heterocycles. The van der Waals surface area contributed by atoms with Gasteiger partial charge in [0, 0.05) is 16.6 Å². The van der Waals surface area contributed by atoms with Gasteiger partial charge in [0.2, 0.25) is 5.43 Å². The van der Waals surface area contributed by atoms with Crippen LogP contribution in [0.4, 0.5) is 5.69 Å². The Morgan fingerprint density at radius 2 is 2.00 bits per heavy atom. The molecular formula is C17H10ClN3O2. The zero-order valence-electron chi connectivity index (χ0n) is 11.8. The molecule has 1 amide bonds. The average Bonchev–Trinajstić information content (AvgIpc) is 2.55. The number of pyridine rings is 1. The van der Waals surface area contributed by atoms with Crippen LogP contribution in [0.2, 0.25) is 5.02 Å². The van der Waals surface area contributed by atoms with Gasteiger partial charge < -0.3 is 10.3 Å². The summed E-state index contributed by atoms with van der Waals surface area (Å²) in [5.74, 6) is -0.578. The maximum absolute atomic E-state index is 12.4. The van der Waals surface area contributed by atoms with Crippen molar-refractivity contribution in [2.24, 2.45) is 0 Å². The number of benzene rings is 2. The molecule has 0 radical (unpaired) electrons. The van der Waals surface area contributed by atoms with E-state index in [2.05, 4.69) is 10.3 Å². The number of nitrogens with zero attached hydrogens (tertiary/aromatic N) is 1. The van der Waals surface area contributed by atoms with E-state index in [1.165, 1.54) is 6.20 Å². The van der Waals surface area contributed by atoms with Gasteiger partial charge in [-0.05, 0) is 30.3 Å². The van der Waals surface area contributed by atoms with E-state index in [4.69, 9.17) is 16.9 Å². The minimum atomic E-state index is -0.578. The molecule has 1 heterocycles. The summed E-state index contributed by atoms with van der Waals surface area (Å²) in [6, 6.07) is 13.3. The third-order valence-corrected chi connectivity index (χ3v) is 3.62. The molecule has 3 aromatic rings. The highest BCUT2D eigenvalue weighted by Gasteiger charge is 2.14. The fraction of sp³-hybridized carbons (Fsp3) is 0. The zero-order valence-corrected chi connectivity index (χ0v) is 12.5. The van der Waals surface area contributed by atoms with Gasteiger partial charge in [0.1, 0.15) is 11.6 Å². The number of aromatic nitrogens is 1. The largest absolute Gasteiger partial charge is 0.360 e. The predicted octanol–water partition coefficient (Wildman–Crippen LogP) is 3.31. The van der Waals surface area contributed by atoms with Crippen molar-refractivity contribution < 1.29 is 4.79 Å². The first-order valence-electron chi connectivity index (χ1n) is 6.71. The average molecular weight is 324 g/mol. The maximum atomic E-state index is 12.4. The molecule has 112 valence electrons. The van der Waals surface area contributed by atoms with E-state index in [9.17, 15) is 9.59 Å². The Morgan fingerprint density at radius 1 is 1.22 bits per heavy atom. The van der Waals surface area contributed by atoms with E-state index >= 15 is 0 Å². The van der Waals surface area contributed by atoms with Crippen molar-refractivity contribution in [1.29, 1.82) is 5.26 Å². The summed E-state index contributed by atoms with van der Waals surface area (Å²) in [7, 11) is 0. The number of hydrogen-bond donors (Lipinski definition) is 2. The molecule has 23 heavy (non-hydrogen) atoms. The molecular weight excluding hydrogens is 314 g/mol. The van der Waals surface area contributed by atoms with Crippen LogP contribution in [0.1, 0.15) is 15.9 Å². The fourth-order valence-corrected chi connectivity index (χ4v) is 2.41. The lowest BCUT2D eigenvalue weighted by Gasteiger charge is -2.07. The monoisotopic (exact) mass is 323 g/mol. The van der Waals surface area contributed by atoms with Crippen molar-refractivity contribution in [3.63, 3.8) is 0 Å². The third-order valence-electron chi connectivity index (χ3n) is 3.38. The summed E-state index contributed by atoms with van der Waals surface area (Å²) >= 11 is 5.88. The first-order valence-corrected chi connectivity index (χ1v) is 7.09. The van der Waals surface area contributed by atoms with E-state index < -0.39 is 11.3 Å². The molecule has 2 aromatic carbocycles. The topological polar surface area (TPSA) is 85.8 Å². The number of nitriles is 1. The van der Waals surface area contributed by atoms with Gasteiger partial charge in [-0.3, -0.25) is 9.59 Å². The number of H-pyrrole nitrogens is 1. The predicted molar refractivity (Wildman–Crippen MR) is 88.7 cm³/mol. The lowest BCUT2D eigenvalue weighted by atomic mass is 10.1. The second-order valence-electron chi connectivity index (χ2n) is 4.83. The Morgan fingerprint density at radius 3 is 2.78 bits per heavy atom. The second-order valence-corrected chi connectivity index (χ2v) is 5.27. The second kappa shape index (κ2) is 5.95. The molecule has 2 N–H and O–H groups in total. The van der Waals surface area contributed by atoms with Crippen molar-refractivity contribution in [3.05, 3.63) is 75.0 Å². The van der Waals surface area contributed by atoms with Crippen LogP contribution in [-0.2, 0) is 0 Å². The molecule has 0 aliphatic heterocycles. The van der Waals surface area contributed by atoms with Crippen molar-refractivity contribution in [2.75, 3.05) is 5.32 Å². The molecule has 0 atom stereocenters. The van der Waals surface area contributed by atoms with E-state index in [0.717, 1.165) is 0 Å². The summed E-state index contributed by atoms with van der Waals surface area (Å²) in [5, 5.41) is 12.5. The zero-order chi connectivity index (χ0) is 16.4. The van der Waals surface area contributed by atoms with Crippen LogP contribution < -0.4 is 10.7 Å². The van der Waals surface area contributed by atoms with Gasteiger partial charge in [0.25, 0.3) is 5.91 Å². The van der Waals surface area contributed by atoms with Crippen molar-refractivity contribution >= 4 is 34.1 Å². The van der Waals surface area contributed by atoms with Crippen LogP contribution in [0.5, 0.6) is 0 Å². The smallest absolute Gasteiger partial charge is 0.261 e. The molecule has 0 saturated carbocycles. The number of anilines is 1. The van der Waals surface area contributed by atoms with Crippen molar-refractivity contribution in [3.8, 4) is 6.07 Å². The summed E-state index contributed by atoms with van der Waals surface area (Å²) in [5.41, 5.74) is 0.798. The molecule has 0 unspecified atom stereocenters. The number of carbonyl (C=O) groups excluding carboxylic acids is 1. The van der Waals surface area contributed by atoms with Crippen LogP contribution >= 0.6 is 11.6 Å². The highest BCUT2D eigenvalue weighted by molar-refractivity contribution is 6.31. The van der Waals surface area contributed by atoms with Gasteiger partial charge >= 0.3 is 0 Å². The van der Waals surface area contributed by atoms with Crippen LogP contribution in [0.15, 0.2) is 53.5 Å². The summed E-state index contributed by atoms with van der Waals surface area (Å²) in [6.45, 7) is 0. The van der Waals surface area contributed by atoms with Gasteiger partial charge in [0.05, 0.1) is 16.8 Å². The number of nitrogens with one attached hydrogen (secondary N) is 2. The molecule has 1 aromatic heterocycles. The van der Waals surface area contributed by atoms with Gasteiger partial charge in [-0.2, -0.15) is 5.26 Å². The lowest BCUT2D eigenvalue weighted by Crippen LogP contribution is -2.22. The van der Waals surface area contributed by atoms with Gasteiger partial charge in [-0.15, -0.1) is 0 Å². The minimum Gasteiger partial charge on any atom is -0.360 e. The molecule has 0 aliphatic carbocycles. The fourth-order valence-electron chi connectivity index (χ4n) is 2.24. The van der Waals surface area contributed by atoms with E-state index in [-0.39, 0.29) is 5.56 Å². The quantitative estimate of drug-likeness (QED) is 0.758. The Labute approximate surface area is 136 Å². The van der Waals surface area contributed by atoms with Crippen molar-refractivity contribution in [2.45, 2.75) is 0 Å². The minimum absolute atomic E-state index is 0.0347. The van der Waals surface area contributed by atoms with Gasteiger partial charge in [-0.25, -0.2) is 0 Å². The van der Waals surface area contributed by atoms with Gasteiger partial charge in [-0.1, -0.05) is 23.7 Å². The third kappa shape index (κ3) is 2.80. The molecule has 6 heteroatoms. The van der Waals surface area contributed by atoms with Crippen molar-refractivity contribution in [1.82, 2.24) is 4.98 Å². The van der Waals surface area contributed by atoms with Crippen LogP contribution in [-0.4, -0.2) is 10.9 Å². The van der Waals surface area contributed by atoms with Gasteiger partial charge in [0.15, 0.2) is 0 Å². The van der Waals surface area contributed by atoms with E-state index in [0.29, 0.717) is 27.2 Å². The van der Waals surface area contributed by atoms with E-state index in [1.807, 2.05) is 6.07 Å². The Hall–Kier alpha value is -3.10. The molecule has 5 nitrogen and oxygen atoms in total. The van der Waals surface area contributed by atoms with E-state index in [1.54, 1.807) is 42.5 Å². The number of fused-ring (bicyclic) bond motifs is 1. The van der Waals surface area contributed by atoms with Crippen LogP contribution in [0, 0.1) is 11.3 Å². The normalized spacial score (nSPS) is 10.3. The molecule has 0 bridgehead atoms. The lowest BCUT2D eigenvalue weighted by molar-refractivity contribution is 0.102. The summed E-state index contributed by atoms with van der Waals surface area (Å²) in [4.78, 5) is 27.7. The number of aromatic amines is 1. The summed E-state index contributed by atoms with van der Waals surface area (Å²) in [6.07, 6.45) is 1.34. The number of rotatable bonds is 2. The maximum Gasteiger partial charge on any atom is 0.261 e. The van der Waals surface area contributed by atoms with Crippen LogP contribution in [0.25, 0.3) is 10.9 Å².